The number of para-hydroxylation sites is 1. The SMILES string of the molecule is CC(NC(=O)CC1CCCN1)c1ccccc1-n1cccn1. The van der Waals surface area contributed by atoms with Gasteiger partial charge in [-0.05, 0) is 44.0 Å². The fourth-order valence-corrected chi connectivity index (χ4v) is 3.01. The van der Waals surface area contributed by atoms with Crippen LogP contribution in [-0.4, -0.2) is 28.3 Å². The number of hydrogen-bond donors (Lipinski definition) is 2. The van der Waals surface area contributed by atoms with Gasteiger partial charge in [-0.15, -0.1) is 0 Å². The lowest BCUT2D eigenvalue weighted by Gasteiger charge is -2.19. The van der Waals surface area contributed by atoms with E-state index >= 15 is 0 Å². The molecule has 1 amide bonds. The van der Waals surface area contributed by atoms with Crippen molar-refractivity contribution in [3.05, 3.63) is 48.3 Å². The minimum Gasteiger partial charge on any atom is -0.349 e. The van der Waals surface area contributed by atoms with Crippen molar-refractivity contribution in [2.75, 3.05) is 6.54 Å². The van der Waals surface area contributed by atoms with Gasteiger partial charge in [-0.3, -0.25) is 4.79 Å². The van der Waals surface area contributed by atoms with Gasteiger partial charge >= 0.3 is 0 Å². The Labute approximate surface area is 130 Å². The standard InChI is InChI=1S/C17H22N4O/c1-13(20-17(22)12-14-6-4-9-18-14)15-7-2-3-8-16(15)21-11-5-10-19-21/h2-3,5,7-8,10-11,13-14,18H,4,6,9,12H2,1H3,(H,20,22). The van der Waals surface area contributed by atoms with Gasteiger partial charge in [0, 0.05) is 24.9 Å². The van der Waals surface area contributed by atoms with Crippen molar-refractivity contribution < 1.29 is 4.79 Å². The topological polar surface area (TPSA) is 59.0 Å². The molecule has 0 radical (unpaired) electrons. The van der Waals surface area contributed by atoms with Crippen LogP contribution in [0.15, 0.2) is 42.7 Å². The van der Waals surface area contributed by atoms with Gasteiger partial charge in [0.25, 0.3) is 0 Å². The molecule has 5 nitrogen and oxygen atoms in total. The zero-order valence-corrected chi connectivity index (χ0v) is 12.8. The first-order valence-electron chi connectivity index (χ1n) is 7.86. The van der Waals surface area contributed by atoms with Crippen molar-refractivity contribution in [3.8, 4) is 5.69 Å². The molecule has 0 bridgehead atoms. The Balaban J connectivity index is 1.69. The van der Waals surface area contributed by atoms with Gasteiger partial charge in [-0.2, -0.15) is 5.10 Å². The highest BCUT2D eigenvalue weighted by molar-refractivity contribution is 5.77. The maximum Gasteiger partial charge on any atom is 0.222 e. The second-order valence-corrected chi connectivity index (χ2v) is 5.80. The fourth-order valence-electron chi connectivity index (χ4n) is 3.01. The molecule has 116 valence electrons. The molecule has 3 rings (SSSR count). The number of nitrogens with zero attached hydrogens (tertiary/aromatic N) is 2. The summed E-state index contributed by atoms with van der Waals surface area (Å²) in [6, 6.07) is 10.2. The smallest absolute Gasteiger partial charge is 0.222 e. The van der Waals surface area contributed by atoms with Gasteiger partial charge < -0.3 is 10.6 Å². The van der Waals surface area contributed by atoms with E-state index in [-0.39, 0.29) is 11.9 Å². The molecule has 22 heavy (non-hydrogen) atoms. The van der Waals surface area contributed by atoms with Crippen LogP contribution in [0.3, 0.4) is 0 Å². The summed E-state index contributed by atoms with van der Waals surface area (Å²) in [6.07, 6.45) is 6.47. The number of rotatable bonds is 5. The van der Waals surface area contributed by atoms with E-state index in [4.69, 9.17) is 0 Å². The third-order valence-corrected chi connectivity index (χ3v) is 4.13. The third-order valence-electron chi connectivity index (χ3n) is 4.13. The molecular weight excluding hydrogens is 276 g/mol. The Kier molecular flexibility index (Phi) is 4.53. The van der Waals surface area contributed by atoms with Crippen LogP contribution in [0, 0.1) is 0 Å². The van der Waals surface area contributed by atoms with Crippen LogP contribution in [0.1, 0.15) is 37.8 Å². The predicted octanol–water partition coefficient (Wildman–Crippen LogP) is 2.19. The van der Waals surface area contributed by atoms with Crippen molar-refractivity contribution in [2.45, 2.75) is 38.3 Å². The van der Waals surface area contributed by atoms with Gasteiger partial charge in [0.15, 0.2) is 0 Å². The van der Waals surface area contributed by atoms with Crippen molar-refractivity contribution in [3.63, 3.8) is 0 Å². The lowest BCUT2D eigenvalue weighted by Crippen LogP contribution is -2.33. The summed E-state index contributed by atoms with van der Waals surface area (Å²) in [7, 11) is 0. The Hall–Kier alpha value is -2.14. The molecular formula is C17H22N4O. The summed E-state index contributed by atoms with van der Waals surface area (Å²) in [4.78, 5) is 12.2. The molecule has 2 unspecified atom stereocenters. The van der Waals surface area contributed by atoms with E-state index in [2.05, 4.69) is 15.7 Å². The van der Waals surface area contributed by atoms with Crippen molar-refractivity contribution >= 4 is 5.91 Å². The molecule has 1 aromatic heterocycles. The first kappa shape index (κ1) is 14.8. The van der Waals surface area contributed by atoms with Crippen molar-refractivity contribution in [2.24, 2.45) is 0 Å². The van der Waals surface area contributed by atoms with Gasteiger partial charge in [0.1, 0.15) is 0 Å². The summed E-state index contributed by atoms with van der Waals surface area (Å²) >= 11 is 0. The van der Waals surface area contributed by atoms with Gasteiger partial charge in [-0.25, -0.2) is 4.68 Å². The molecule has 0 saturated carbocycles. The second-order valence-electron chi connectivity index (χ2n) is 5.80. The van der Waals surface area contributed by atoms with Crippen LogP contribution in [-0.2, 0) is 4.79 Å². The van der Waals surface area contributed by atoms with E-state index in [1.165, 1.54) is 0 Å². The Morgan fingerprint density at radius 3 is 3.05 bits per heavy atom. The summed E-state index contributed by atoms with van der Waals surface area (Å²) in [5.41, 5.74) is 2.07. The van der Waals surface area contributed by atoms with E-state index in [1.807, 2.05) is 48.1 Å². The largest absolute Gasteiger partial charge is 0.349 e. The molecule has 5 heteroatoms. The fraction of sp³-hybridized carbons (Fsp3) is 0.412. The van der Waals surface area contributed by atoms with Crippen molar-refractivity contribution in [1.29, 1.82) is 0 Å². The Morgan fingerprint density at radius 1 is 1.45 bits per heavy atom. The third kappa shape index (κ3) is 3.36. The quantitative estimate of drug-likeness (QED) is 0.889. The minimum absolute atomic E-state index is 0.0469. The first-order chi connectivity index (χ1) is 10.7. The van der Waals surface area contributed by atoms with Crippen LogP contribution < -0.4 is 10.6 Å². The highest BCUT2D eigenvalue weighted by atomic mass is 16.1. The number of benzene rings is 1. The molecule has 2 aromatic rings. The normalized spacial score (nSPS) is 19.0. The molecule has 2 atom stereocenters. The zero-order valence-electron chi connectivity index (χ0n) is 12.8. The summed E-state index contributed by atoms with van der Waals surface area (Å²) < 4.78 is 1.83. The predicted molar refractivity (Wildman–Crippen MR) is 85.8 cm³/mol. The maximum atomic E-state index is 12.2. The molecule has 1 aromatic carbocycles. The van der Waals surface area contributed by atoms with Crippen LogP contribution >= 0.6 is 0 Å². The van der Waals surface area contributed by atoms with E-state index in [0.29, 0.717) is 12.5 Å². The molecule has 2 N–H and O–H groups in total. The highest BCUT2D eigenvalue weighted by Crippen LogP contribution is 2.21. The zero-order chi connectivity index (χ0) is 15.4. The number of aromatic nitrogens is 2. The van der Waals surface area contributed by atoms with Crippen LogP contribution in [0.25, 0.3) is 5.69 Å². The number of hydrogen-bond acceptors (Lipinski definition) is 3. The lowest BCUT2D eigenvalue weighted by atomic mass is 10.1. The molecule has 1 fully saturated rings. The highest BCUT2D eigenvalue weighted by Gasteiger charge is 2.20. The number of nitrogens with one attached hydrogen (secondary N) is 2. The minimum atomic E-state index is -0.0469. The Bertz CT molecular complexity index is 617. The average Bonchev–Trinajstić information content (AvgIpc) is 3.20. The molecule has 1 aliphatic rings. The lowest BCUT2D eigenvalue weighted by molar-refractivity contribution is -0.122. The van der Waals surface area contributed by atoms with Crippen LogP contribution in [0.5, 0.6) is 0 Å². The van der Waals surface area contributed by atoms with Gasteiger partial charge in [0.2, 0.25) is 5.91 Å². The van der Waals surface area contributed by atoms with E-state index in [9.17, 15) is 4.79 Å². The van der Waals surface area contributed by atoms with E-state index < -0.39 is 0 Å². The molecule has 1 aliphatic heterocycles. The molecule has 2 heterocycles. The number of carbonyl (C=O) groups is 1. The van der Waals surface area contributed by atoms with Gasteiger partial charge in [-0.1, -0.05) is 18.2 Å². The summed E-state index contributed by atoms with van der Waals surface area (Å²) in [6.45, 7) is 3.04. The van der Waals surface area contributed by atoms with Gasteiger partial charge in [0.05, 0.1) is 11.7 Å². The van der Waals surface area contributed by atoms with E-state index in [1.54, 1.807) is 6.20 Å². The molecule has 1 saturated heterocycles. The first-order valence-corrected chi connectivity index (χ1v) is 7.86. The monoisotopic (exact) mass is 298 g/mol. The van der Waals surface area contributed by atoms with Crippen LogP contribution in [0.2, 0.25) is 0 Å². The maximum absolute atomic E-state index is 12.2. The average molecular weight is 298 g/mol. The van der Waals surface area contributed by atoms with E-state index in [0.717, 1.165) is 30.6 Å². The summed E-state index contributed by atoms with van der Waals surface area (Å²) in [5, 5.41) is 10.8. The van der Waals surface area contributed by atoms with Crippen LogP contribution in [0.4, 0.5) is 0 Å². The molecule has 0 spiro atoms. The molecule has 0 aliphatic carbocycles. The second kappa shape index (κ2) is 6.75. The number of amides is 1. The summed E-state index contributed by atoms with van der Waals surface area (Å²) in [5.74, 6) is 0.0992. The van der Waals surface area contributed by atoms with Crippen molar-refractivity contribution in [1.82, 2.24) is 20.4 Å². The number of carbonyl (C=O) groups excluding carboxylic acids is 1. The Morgan fingerprint density at radius 2 is 2.32 bits per heavy atom.